The number of carboxylic acid groups (broad SMARTS) is 1. The monoisotopic (exact) mass is 238 g/mol. The summed E-state index contributed by atoms with van der Waals surface area (Å²) in [6, 6.07) is 0. The second-order valence-corrected chi connectivity index (χ2v) is 3.91. The first kappa shape index (κ1) is 12.8. The van der Waals surface area contributed by atoms with Crippen LogP contribution in [0.3, 0.4) is 0 Å². The van der Waals surface area contributed by atoms with Crippen LogP contribution in [0.25, 0.3) is 0 Å². The Morgan fingerprint density at radius 3 is 2.38 bits per heavy atom. The second kappa shape index (κ2) is 3.65. The lowest BCUT2D eigenvalue weighted by Crippen LogP contribution is -2.49. The molecule has 0 spiro atoms. The third kappa shape index (κ3) is 1.87. The minimum atomic E-state index is -4.34. The summed E-state index contributed by atoms with van der Waals surface area (Å²) in [5.41, 5.74) is -1.65. The van der Waals surface area contributed by atoms with Crippen molar-refractivity contribution in [1.29, 1.82) is 0 Å². The molecule has 1 heterocycles. The maximum absolute atomic E-state index is 12.9. The van der Waals surface area contributed by atoms with E-state index in [1.54, 1.807) is 0 Å². The van der Waals surface area contributed by atoms with E-state index in [1.807, 2.05) is 0 Å². The number of cyclic esters (lactones) is 1. The summed E-state index contributed by atoms with van der Waals surface area (Å²) in [7, 11) is 0. The fourth-order valence-corrected chi connectivity index (χ4v) is 1.47. The van der Waals surface area contributed by atoms with E-state index in [-0.39, 0.29) is 0 Å². The topological polar surface area (TPSA) is 72.8 Å². The Labute approximate surface area is 90.3 Å². The molecule has 0 amide bonds. The van der Waals surface area contributed by atoms with Gasteiger partial charge in [-0.2, -0.15) is 8.78 Å². The normalized spacial score (nSPS) is 34.9. The summed E-state index contributed by atoms with van der Waals surface area (Å²) in [5, 5.41) is 8.25. The van der Waals surface area contributed by atoms with Gasteiger partial charge < -0.3 is 14.6 Å². The lowest BCUT2D eigenvalue weighted by Gasteiger charge is -2.31. The number of carbonyl (C=O) groups is 2. The molecule has 1 aliphatic rings. The van der Waals surface area contributed by atoms with Gasteiger partial charge in [0, 0.05) is 0 Å². The van der Waals surface area contributed by atoms with Gasteiger partial charge in [0.1, 0.15) is 11.7 Å². The van der Waals surface area contributed by atoms with Crippen molar-refractivity contribution in [2.24, 2.45) is 5.92 Å². The predicted molar refractivity (Wildman–Crippen MR) is 46.8 cm³/mol. The van der Waals surface area contributed by atoms with Crippen LogP contribution in [-0.4, -0.2) is 34.9 Å². The maximum atomic E-state index is 12.9. The van der Waals surface area contributed by atoms with Crippen LogP contribution in [0.5, 0.6) is 0 Å². The number of hydrogen-bond donors (Lipinski definition) is 1. The number of halogens is 2. The Morgan fingerprint density at radius 1 is 1.56 bits per heavy atom. The van der Waals surface area contributed by atoms with Crippen LogP contribution in [0.15, 0.2) is 0 Å². The van der Waals surface area contributed by atoms with Crippen molar-refractivity contribution < 1.29 is 33.0 Å². The number of rotatable bonds is 3. The first-order valence-corrected chi connectivity index (χ1v) is 4.63. The lowest BCUT2D eigenvalue weighted by molar-refractivity contribution is -0.297. The van der Waals surface area contributed by atoms with Gasteiger partial charge in [0.05, 0.1) is 5.92 Å². The average Bonchev–Trinajstić information content (AvgIpc) is 2.30. The molecule has 0 aromatic carbocycles. The highest BCUT2D eigenvalue weighted by Crippen LogP contribution is 2.39. The van der Waals surface area contributed by atoms with Gasteiger partial charge in [-0.25, -0.2) is 4.79 Å². The molecular formula is C9H12F2O5. The summed E-state index contributed by atoms with van der Waals surface area (Å²) in [5.74, 6) is -4.03. The van der Waals surface area contributed by atoms with E-state index >= 15 is 0 Å². The van der Waals surface area contributed by atoms with Gasteiger partial charge in [-0.15, -0.1) is 0 Å². The number of ether oxygens (including phenoxy) is 2. The van der Waals surface area contributed by atoms with Crippen LogP contribution in [0.1, 0.15) is 20.8 Å². The summed E-state index contributed by atoms with van der Waals surface area (Å²) in [4.78, 5) is 21.4. The molecule has 5 nitrogen and oxygen atoms in total. The zero-order chi connectivity index (χ0) is 12.7. The van der Waals surface area contributed by atoms with E-state index in [4.69, 9.17) is 9.84 Å². The minimum Gasteiger partial charge on any atom is -0.475 e. The largest absolute Gasteiger partial charge is 0.475 e. The highest BCUT2D eigenvalue weighted by molar-refractivity contribution is 5.77. The van der Waals surface area contributed by atoms with E-state index in [9.17, 15) is 18.4 Å². The summed E-state index contributed by atoms with van der Waals surface area (Å²) in [6.45, 7) is 3.95. The summed E-state index contributed by atoms with van der Waals surface area (Å²) in [6.07, 6.45) is -5.27. The standard InChI is InChI=1S/C9H12F2O5/c1-4-6(12)15-5(2)8(4,3)16-9(10,11)7(13)14/h4-5H,1-3H3,(H,13,14). The second-order valence-electron chi connectivity index (χ2n) is 3.91. The molecular weight excluding hydrogens is 226 g/mol. The molecule has 0 bridgehead atoms. The SMILES string of the molecule is CC1OC(=O)C(C)C1(C)OC(F)(F)C(=O)O. The molecule has 0 radical (unpaired) electrons. The minimum absolute atomic E-state index is 0.684. The van der Waals surface area contributed by atoms with Crippen molar-refractivity contribution in [3.05, 3.63) is 0 Å². The quantitative estimate of drug-likeness (QED) is 0.743. The molecule has 1 aliphatic heterocycles. The van der Waals surface area contributed by atoms with Crippen molar-refractivity contribution in [2.75, 3.05) is 0 Å². The van der Waals surface area contributed by atoms with Crippen LogP contribution in [0.4, 0.5) is 8.78 Å². The van der Waals surface area contributed by atoms with Crippen LogP contribution >= 0.6 is 0 Å². The third-order valence-electron chi connectivity index (χ3n) is 2.91. The Morgan fingerprint density at radius 2 is 2.06 bits per heavy atom. The van der Waals surface area contributed by atoms with Gasteiger partial charge in [0.25, 0.3) is 0 Å². The molecule has 3 unspecified atom stereocenters. The van der Waals surface area contributed by atoms with E-state index in [1.165, 1.54) is 20.8 Å². The lowest BCUT2D eigenvalue weighted by atomic mass is 9.89. The predicted octanol–water partition coefficient (Wildman–Crippen LogP) is 1.02. The Bertz CT molecular complexity index is 330. The van der Waals surface area contributed by atoms with Gasteiger partial charge in [-0.1, -0.05) is 0 Å². The van der Waals surface area contributed by atoms with Crippen molar-refractivity contribution in [3.8, 4) is 0 Å². The smallest absolute Gasteiger partial charge is 0.456 e. The molecule has 1 N–H and O–H groups in total. The first-order chi connectivity index (χ1) is 7.11. The molecule has 0 saturated carbocycles. The highest BCUT2D eigenvalue weighted by atomic mass is 19.3. The van der Waals surface area contributed by atoms with Crippen LogP contribution in [0.2, 0.25) is 0 Å². The van der Waals surface area contributed by atoms with Crippen molar-refractivity contribution in [1.82, 2.24) is 0 Å². The third-order valence-corrected chi connectivity index (χ3v) is 2.91. The van der Waals surface area contributed by atoms with E-state index in [2.05, 4.69) is 4.74 Å². The average molecular weight is 238 g/mol. The van der Waals surface area contributed by atoms with Crippen molar-refractivity contribution >= 4 is 11.9 Å². The van der Waals surface area contributed by atoms with Gasteiger partial charge in [-0.05, 0) is 20.8 Å². The highest BCUT2D eigenvalue weighted by Gasteiger charge is 2.58. The molecule has 92 valence electrons. The number of carbonyl (C=O) groups excluding carboxylic acids is 1. The van der Waals surface area contributed by atoms with E-state index < -0.39 is 35.7 Å². The molecule has 3 atom stereocenters. The molecule has 16 heavy (non-hydrogen) atoms. The molecule has 1 fully saturated rings. The van der Waals surface area contributed by atoms with Crippen molar-refractivity contribution in [2.45, 2.75) is 38.6 Å². The molecule has 0 aromatic rings. The zero-order valence-corrected chi connectivity index (χ0v) is 8.99. The summed E-state index contributed by atoms with van der Waals surface area (Å²) < 4.78 is 34.8. The number of esters is 1. The molecule has 1 rings (SSSR count). The number of alkyl halides is 2. The van der Waals surface area contributed by atoms with Gasteiger partial charge in [0.15, 0.2) is 0 Å². The number of aliphatic carboxylic acids is 1. The summed E-state index contributed by atoms with van der Waals surface area (Å²) >= 11 is 0. The zero-order valence-electron chi connectivity index (χ0n) is 8.99. The molecule has 0 aliphatic carbocycles. The molecule has 0 aromatic heterocycles. The van der Waals surface area contributed by atoms with Crippen LogP contribution < -0.4 is 0 Å². The number of carboxylic acids is 1. The molecule has 1 saturated heterocycles. The Kier molecular flexibility index (Phi) is 2.93. The van der Waals surface area contributed by atoms with Crippen LogP contribution in [0, 0.1) is 5.92 Å². The van der Waals surface area contributed by atoms with Gasteiger partial charge >= 0.3 is 18.0 Å². The Hall–Kier alpha value is -1.24. The first-order valence-electron chi connectivity index (χ1n) is 4.63. The van der Waals surface area contributed by atoms with E-state index in [0.29, 0.717) is 0 Å². The maximum Gasteiger partial charge on any atom is 0.456 e. The Balaban J connectivity index is 2.95. The van der Waals surface area contributed by atoms with Crippen LogP contribution in [-0.2, 0) is 19.1 Å². The van der Waals surface area contributed by atoms with Crippen molar-refractivity contribution in [3.63, 3.8) is 0 Å². The molecule has 7 heteroatoms. The fraction of sp³-hybridized carbons (Fsp3) is 0.778. The van der Waals surface area contributed by atoms with Gasteiger partial charge in [-0.3, -0.25) is 4.79 Å². The number of hydrogen-bond acceptors (Lipinski definition) is 4. The fourth-order valence-electron chi connectivity index (χ4n) is 1.47. The van der Waals surface area contributed by atoms with E-state index in [0.717, 1.165) is 0 Å². The van der Waals surface area contributed by atoms with Gasteiger partial charge in [0.2, 0.25) is 0 Å².